The lowest BCUT2D eigenvalue weighted by Crippen LogP contribution is -2.45. The van der Waals surface area contributed by atoms with Crippen LogP contribution in [-0.4, -0.2) is 59.6 Å². The van der Waals surface area contributed by atoms with Crippen LogP contribution in [0.1, 0.15) is 24.8 Å². The van der Waals surface area contributed by atoms with Gasteiger partial charge in [0.05, 0.1) is 5.56 Å². The highest BCUT2D eigenvalue weighted by Crippen LogP contribution is 2.21. The van der Waals surface area contributed by atoms with Gasteiger partial charge in [-0.1, -0.05) is 12.1 Å². The topological polar surface area (TPSA) is 137 Å². The van der Waals surface area contributed by atoms with Crippen molar-refractivity contribution in [1.29, 1.82) is 0 Å². The molecular formula is C17H21N3O6. The maximum atomic E-state index is 12.3. The van der Waals surface area contributed by atoms with Crippen LogP contribution in [0, 0.1) is 0 Å². The van der Waals surface area contributed by atoms with Crippen molar-refractivity contribution in [2.45, 2.75) is 31.3 Å². The number of unbranched alkanes of at least 4 members (excludes halogenated alkanes) is 1. The van der Waals surface area contributed by atoms with Gasteiger partial charge >= 0.3 is 5.97 Å². The summed E-state index contributed by atoms with van der Waals surface area (Å²) in [6.45, 7) is 0.430. The molecule has 0 saturated carbocycles. The summed E-state index contributed by atoms with van der Waals surface area (Å²) >= 11 is 0. The molecule has 26 heavy (non-hydrogen) atoms. The smallest absolute Gasteiger partial charge is 0.326 e. The summed E-state index contributed by atoms with van der Waals surface area (Å²) in [5, 5.41) is 24.0. The fourth-order valence-electron chi connectivity index (χ4n) is 2.47. The molecule has 2 atom stereocenters. The summed E-state index contributed by atoms with van der Waals surface area (Å²) in [6, 6.07) is 4.54. The van der Waals surface area contributed by atoms with Crippen LogP contribution in [0.2, 0.25) is 0 Å². The Bertz CT molecular complexity index is 691. The summed E-state index contributed by atoms with van der Waals surface area (Å²) in [5.41, 5.74) is 0.375. The van der Waals surface area contributed by atoms with Crippen molar-refractivity contribution in [3.05, 3.63) is 29.8 Å². The molecule has 4 N–H and O–H groups in total. The van der Waals surface area contributed by atoms with E-state index in [1.165, 1.54) is 6.07 Å². The van der Waals surface area contributed by atoms with Gasteiger partial charge in [0.2, 0.25) is 18.2 Å². The lowest BCUT2D eigenvalue weighted by atomic mass is 10.1. The molecular weight excluding hydrogens is 342 g/mol. The number of hydrogen-bond acceptors (Lipinski definition) is 6. The van der Waals surface area contributed by atoms with Gasteiger partial charge in [-0.2, -0.15) is 0 Å². The van der Waals surface area contributed by atoms with Crippen LogP contribution in [0.4, 0.5) is 0 Å². The molecule has 1 heterocycles. The molecule has 1 aliphatic heterocycles. The minimum Gasteiger partial charge on any atom is -0.507 e. The molecule has 1 aliphatic rings. The molecule has 0 radical (unpaired) electrons. The maximum Gasteiger partial charge on any atom is 0.326 e. The Morgan fingerprint density at radius 2 is 2.12 bits per heavy atom. The number of nitrogens with zero attached hydrogens (tertiary/aromatic N) is 1. The van der Waals surface area contributed by atoms with Crippen molar-refractivity contribution >= 4 is 24.2 Å². The fraction of sp³-hybridized carbons (Fsp3) is 0.412. The standard InChI is InChI=1S/C17H21N3O6/c21-10-18-8-4-3-6-12(17(24)25)19-15(23)13-9-26-16(20-13)11-5-1-2-7-14(11)22/h1-2,5,7,10,12-13,22H,3-4,6,8-9H2,(H,18,21)(H,19,23)(H,24,25)/t12-,13-/m0/s1. The number of aliphatic imine (C=N–C) groups is 1. The quantitative estimate of drug-likeness (QED) is 0.342. The fourth-order valence-corrected chi connectivity index (χ4v) is 2.47. The predicted octanol–water partition coefficient (Wildman–Crippen LogP) is 0.0233. The monoisotopic (exact) mass is 363 g/mol. The molecule has 0 fully saturated rings. The molecule has 0 aliphatic carbocycles. The number of aliphatic carboxylic acids is 1. The Morgan fingerprint density at radius 3 is 2.81 bits per heavy atom. The third-order valence-corrected chi connectivity index (χ3v) is 3.85. The first-order chi connectivity index (χ1) is 12.5. The molecule has 0 aromatic heterocycles. The number of benzene rings is 1. The molecule has 0 unspecified atom stereocenters. The number of phenols is 1. The third-order valence-electron chi connectivity index (χ3n) is 3.85. The zero-order chi connectivity index (χ0) is 18.9. The first-order valence-corrected chi connectivity index (χ1v) is 8.22. The largest absolute Gasteiger partial charge is 0.507 e. The number of carboxylic acid groups (broad SMARTS) is 1. The third kappa shape index (κ3) is 5.20. The van der Waals surface area contributed by atoms with E-state index >= 15 is 0 Å². The predicted molar refractivity (Wildman–Crippen MR) is 91.9 cm³/mol. The van der Waals surface area contributed by atoms with Crippen LogP contribution in [-0.2, 0) is 19.1 Å². The minimum absolute atomic E-state index is 0.0142. The van der Waals surface area contributed by atoms with Crippen LogP contribution >= 0.6 is 0 Å². The molecule has 1 aromatic rings. The van der Waals surface area contributed by atoms with Crippen LogP contribution in [0.25, 0.3) is 0 Å². The number of para-hydroxylation sites is 1. The highest BCUT2D eigenvalue weighted by Gasteiger charge is 2.30. The Balaban J connectivity index is 1.92. The van der Waals surface area contributed by atoms with Crippen molar-refractivity contribution in [3.8, 4) is 5.75 Å². The Morgan fingerprint density at radius 1 is 1.35 bits per heavy atom. The Kier molecular flexibility index (Phi) is 6.95. The number of carboxylic acids is 1. The zero-order valence-corrected chi connectivity index (χ0v) is 14.1. The molecule has 0 saturated heterocycles. The van der Waals surface area contributed by atoms with E-state index in [1.54, 1.807) is 18.2 Å². The number of aromatic hydroxyl groups is 1. The lowest BCUT2D eigenvalue weighted by molar-refractivity contribution is -0.142. The number of carbonyl (C=O) groups is 3. The van der Waals surface area contributed by atoms with E-state index in [0.717, 1.165) is 0 Å². The number of amides is 2. The van der Waals surface area contributed by atoms with E-state index in [-0.39, 0.29) is 24.7 Å². The van der Waals surface area contributed by atoms with Gasteiger partial charge in [0, 0.05) is 6.54 Å². The average molecular weight is 363 g/mol. The summed E-state index contributed by atoms with van der Waals surface area (Å²) in [7, 11) is 0. The number of hydrogen-bond donors (Lipinski definition) is 4. The lowest BCUT2D eigenvalue weighted by Gasteiger charge is -2.15. The second-order valence-corrected chi connectivity index (χ2v) is 5.75. The maximum absolute atomic E-state index is 12.3. The summed E-state index contributed by atoms with van der Waals surface area (Å²) < 4.78 is 5.36. The van der Waals surface area contributed by atoms with Crippen LogP contribution in [0.15, 0.2) is 29.3 Å². The minimum atomic E-state index is -1.13. The van der Waals surface area contributed by atoms with E-state index in [2.05, 4.69) is 15.6 Å². The van der Waals surface area contributed by atoms with Gasteiger partial charge in [-0.15, -0.1) is 0 Å². The Labute approximate surface area is 150 Å². The number of rotatable bonds is 10. The average Bonchev–Trinajstić information content (AvgIpc) is 3.10. The second-order valence-electron chi connectivity index (χ2n) is 5.75. The zero-order valence-electron chi connectivity index (χ0n) is 14.1. The molecule has 9 heteroatoms. The molecule has 140 valence electrons. The van der Waals surface area contributed by atoms with Crippen LogP contribution in [0.5, 0.6) is 5.75 Å². The molecule has 2 rings (SSSR count). The highest BCUT2D eigenvalue weighted by atomic mass is 16.5. The van der Waals surface area contributed by atoms with Gasteiger partial charge in [-0.05, 0) is 31.4 Å². The molecule has 0 bridgehead atoms. The van der Waals surface area contributed by atoms with Gasteiger partial charge in [-0.3, -0.25) is 9.59 Å². The number of nitrogens with one attached hydrogen (secondary N) is 2. The van der Waals surface area contributed by atoms with E-state index < -0.39 is 24.0 Å². The SMILES string of the molecule is O=CNCCCC[C@H](NC(=O)[C@@H]1COC(c2ccccc2O)=N1)C(=O)O. The van der Waals surface area contributed by atoms with Gasteiger partial charge in [0.1, 0.15) is 18.4 Å². The highest BCUT2D eigenvalue weighted by molar-refractivity contribution is 6.00. The molecule has 0 spiro atoms. The number of carbonyl (C=O) groups excluding carboxylic acids is 2. The molecule has 1 aromatic carbocycles. The van der Waals surface area contributed by atoms with Gasteiger partial charge < -0.3 is 25.6 Å². The van der Waals surface area contributed by atoms with E-state index in [4.69, 9.17) is 4.74 Å². The molecule has 9 nitrogen and oxygen atoms in total. The molecule has 2 amide bonds. The summed E-state index contributed by atoms with van der Waals surface area (Å²) in [6.07, 6.45) is 1.97. The Hall–Kier alpha value is -3.10. The first kappa shape index (κ1) is 19.2. The van der Waals surface area contributed by atoms with Gasteiger partial charge in [0.25, 0.3) is 0 Å². The van der Waals surface area contributed by atoms with Crippen molar-refractivity contribution in [2.24, 2.45) is 4.99 Å². The van der Waals surface area contributed by atoms with Crippen LogP contribution in [0.3, 0.4) is 0 Å². The second kappa shape index (κ2) is 9.40. The van der Waals surface area contributed by atoms with E-state index in [9.17, 15) is 24.6 Å². The summed E-state index contributed by atoms with van der Waals surface area (Å²) in [5.74, 6) is -1.55. The van der Waals surface area contributed by atoms with Crippen LogP contribution < -0.4 is 10.6 Å². The normalized spacial score (nSPS) is 16.9. The number of ether oxygens (including phenoxy) is 1. The van der Waals surface area contributed by atoms with E-state index in [0.29, 0.717) is 31.4 Å². The van der Waals surface area contributed by atoms with Crippen molar-refractivity contribution in [3.63, 3.8) is 0 Å². The number of phenolic OH excluding ortho intramolecular Hbond substituents is 1. The summed E-state index contributed by atoms with van der Waals surface area (Å²) in [4.78, 5) is 37.9. The van der Waals surface area contributed by atoms with E-state index in [1.807, 2.05) is 0 Å². The van der Waals surface area contributed by atoms with Crippen molar-refractivity contribution in [1.82, 2.24) is 10.6 Å². The van der Waals surface area contributed by atoms with Gasteiger partial charge in [-0.25, -0.2) is 9.79 Å². The van der Waals surface area contributed by atoms with Gasteiger partial charge in [0.15, 0.2) is 6.04 Å². The van der Waals surface area contributed by atoms with Crippen molar-refractivity contribution in [2.75, 3.05) is 13.2 Å². The first-order valence-electron chi connectivity index (χ1n) is 8.22. The van der Waals surface area contributed by atoms with Crippen molar-refractivity contribution < 1.29 is 29.3 Å².